The van der Waals surface area contributed by atoms with Gasteiger partial charge in [0.25, 0.3) is 5.97 Å². The summed E-state index contributed by atoms with van der Waals surface area (Å²) in [5.74, 6) is -1.79. The maximum Gasteiger partial charge on any atom is 0.354 e. The Morgan fingerprint density at radius 3 is 2.27 bits per heavy atom. The summed E-state index contributed by atoms with van der Waals surface area (Å²) in [7, 11) is 0. The summed E-state index contributed by atoms with van der Waals surface area (Å²) in [6.45, 7) is 2.99. The molecule has 15 heavy (non-hydrogen) atoms. The quantitative estimate of drug-likeness (QED) is 0.772. The second-order valence-corrected chi connectivity index (χ2v) is 2.69. The minimum absolute atomic E-state index is 0.162. The highest BCUT2D eigenvalue weighted by Gasteiger charge is 2.07. The fraction of sp³-hybridized carbons (Fsp3) is 0.300. The average Bonchev–Trinajstić information content (AvgIpc) is 2.16. The van der Waals surface area contributed by atoms with Gasteiger partial charge in [-0.2, -0.15) is 0 Å². The molecular weight excluding hydrogens is 198 g/mol. The Balaban J connectivity index is 0.000000423. The second kappa shape index (κ2) is 6.53. The first kappa shape index (κ1) is 13.1. The van der Waals surface area contributed by atoms with E-state index in [9.17, 15) is 4.79 Å². The van der Waals surface area contributed by atoms with Crippen molar-refractivity contribution in [3.05, 3.63) is 29.6 Å². The van der Waals surface area contributed by atoms with Crippen molar-refractivity contribution in [3.8, 4) is 0 Å². The summed E-state index contributed by atoms with van der Waals surface area (Å²) in [5, 5.41) is 16.1. The van der Waals surface area contributed by atoms with Gasteiger partial charge in [-0.05, 0) is 18.1 Å². The lowest BCUT2D eigenvalue weighted by molar-refractivity contribution is -0.134. The lowest BCUT2D eigenvalue weighted by Crippen LogP contribution is -2.04. The topological polar surface area (TPSA) is 87.5 Å². The molecule has 1 aromatic heterocycles. The normalized spacial score (nSPS) is 8.67. The minimum atomic E-state index is -0.956. The number of rotatable bonds is 2. The molecule has 0 bridgehead atoms. The van der Waals surface area contributed by atoms with Crippen molar-refractivity contribution in [2.75, 3.05) is 0 Å². The fourth-order valence-electron chi connectivity index (χ4n) is 0.916. The molecule has 0 aliphatic heterocycles. The zero-order chi connectivity index (χ0) is 11.8. The third kappa shape index (κ3) is 5.41. The van der Waals surface area contributed by atoms with Crippen molar-refractivity contribution < 1.29 is 19.8 Å². The highest BCUT2D eigenvalue weighted by atomic mass is 16.4. The van der Waals surface area contributed by atoms with Gasteiger partial charge in [0.05, 0.1) is 0 Å². The number of nitrogens with zero attached hydrogens (tertiary/aromatic N) is 1. The van der Waals surface area contributed by atoms with Crippen molar-refractivity contribution in [1.82, 2.24) is 4.98 Å². The summed E-state index contributed by atoms with van der Waals surface area (Å²) < 4.78 is 0. The van der Waals surface area contributed by atoms with Crippen molar-refractivity contribution in [2.24, 2.45) is 0 Å². The first-order chi connectivity index (χ1) is 6.99. The molecule has 1 aromatic rings. The van der Waals surface area contributed by atoms with E-state index in [1.807, 2.05) is 6.92 Å². The van der Waals surface area contributed by atoms with Crippen LogP contribution in [0, 0.1) is 0 Å². The minimum Gasteiger partial charge on any atom is -0.481 e. The van der Waals surface area contributed by atoms with Gasteiger partial charge in [-0.3, -0.25) is 4.79 Å². The lowest BCUT2D eigenvalue weighted by atomic mass is 10.1. The molecule has 1 heterocycles. The fourth-order valence-corrected chi connectivity index (χ4v) is 0.916. The number of carboxylic acids is 2. The number of carbonyl (C=O) groups is 2. The average molecular weight is 211 g/mol. The van der Waals surface area contributed by atoms with Crippen LogP contribution in [0.5, 0.6) is 0 Å². The van der Waals surface area contributed by atoms with Crippen LogP contribution in [0.25, 0.3) is 0 Å². The Bertz CT molecular complexity index is 345. The summed E-state index contributed by atoms with van der Waals surface area (Å²) in [4.78, 5) is 23.3. The smallest absolute Gasteiger partial charge is 0.354 e. The van der Waals surface area contributed by atoms with E-state index >= 15 is 0 Å². The van der Waals surface area contributed by atoms with Gasteiger partial charge in [0.1, 0.15) is 0 Å². The zero-order valence-electron chi connectivity index (χ0n) is 8.60. The van der Waals surface area contributed by atoms with Gasteiger partial charge in [0.2, 0.25) is 0 Å². The molecule has 0 amide bonds. The van der Waals surface area contributed by atoms with Gasteiger partial charge in [-0.1, -0.05) is 13.0 Å². The number of aromatic nitrogens is 1. The number of pyridine rings is 1. The molecule has 0 aliphatic rings. The molecule has 0 saturated carbocycles. The van der Waals surface area contributed by atoms with Crippen LogP contribution in [0.3, 0.4) is 0 Å². The summed E-state index contributed by atoms with van der Waals surface area (Å²) in [6, 6.07) is 3.52. The van der Waals surface area contributed by atoms with Crippen molar-refractivity contribution in [2.45, 2.75) is 20.3 Å². The van der Waals surface area contributed by atoms with Crippen LogP contribution < -0.4 is 0 Å². The van der Waals surface area contributed by atoms with E-state index in [2.05, 4.69) is 4.98 Å². The van der Waals surface area contributed by atoms with Gasteiger partial charge in [0.15, 0.2) is 5.69 Å². The molecule has 5 nitrogen and oxygen atoms in total. The van der Waals surface area contributed by atoms with Gasteiger partial charge in [0, 0.05) is 13.1 Å². The first-order valence-corrected chi connectivity index (χ1v) is 4.35. The summed E-state index contributed by atoms with van der Waals surface area (Å²) in [5.41, 5.74) is 0.940. The van der Waals surface area contributed by atoms with Crippen molar-refractivity contribution >= 4 is 11.9 Å². The molecule has 2 N–H and O–H groups in total. The van der Waals surface area contributed by atoms with Gasteiger partial charge < -0.3 is 10.2 Å². The summed E-state index contributed by atoms with van der Waals surface area (Å²) >= 11 is 0. The van der Waals surface area contributed by atoms with Crippen LogP contribution in [-0.4, -0.2) is 27.1 Å². The van der Waals surface area contributed by atoms with Crippen LogP contribution in [0.15, 0.2) is 18.3 Å². The number of aliphatic carboxylic acids is 1. The number of hydrogen-bond donors (Lipinski definition) is 2. The molecule has 0 radical (unpaired) electrons. The second-order valence-electron chi connectivity index (χ2n) is 2.69. The molecule has 1 rings (SSSR count). The Morgan fingerprint density at radius 2 is 1.93 bits per heavy atom. The van der Waals surface area contributed by atoms with Gasteiger partial charge in [-0.15, -0.1) is 0 Å². The standard InChI is InChI=1S/C8H9NO2.C2H4O2/c1-2-6-4-3-5-9-7(6)8(10)11;1-2(3)4/h3-5H,2H2,1H3,(H,10,11);1H3,(H,3,4). The molecule has 0 aliphatic carbocycles. The number of aromatic carboxylic acids is 1. The van der Waals surface area contributed by atoms with Gasteiger partial charge >= 0.3 is 5.97 Å². The Kier molecular flexibility index (Phi) is 5.70. The largest absolute Gasteiger partial charge is 0.481 e. The molecule has 0 aromatic carbocycles. The van der Waals surface area contributed by atoms with E-state index in [1.165, 1.54) is 6.20 Å². The molecule has 0 atom stereocenters. The predicted molar refractivity (Wildman–Crippen MR) is 53.9 cm³/mol. The van der Waals surface area contributed by atoms with Crippen LogP contribution in [0.4, 0.5) is 0 Å². The Hall–Kier alpha value is -1.91. The molecular formula is C10H13NO4. The molecule has 0 saturated heterocycles. The highest BCUT2D eigenvalue weighted by molar-refractivity contribution is 5.86. The van der Waals surface area contributed by atoms with E-state index in [0.717, 1.165) is 12.5 Å². The first-order valence-electron chi connectivity index (χ1n) is 4.35. The molecule has 0 spiro atoms. The monoisotopic (exact) mass is 211 g/mol. The van der Waals surface area contributed by atoms with Crippen molar-refractivity contribution in [1.29, 1.82) is 0 Å². The van der Waals surface area contributed by atoms with Crippen LogP contribution >= 0.6 is 0 Å². The zero-order valence-corrected chi connectivity index (χ0v) is 8.60. The molecule has 82 valence electrons. The maximum atomic E-state index is 10.5. The van der Waals surface area contributed by atoms with Crippen LogP contribution in [0.1, 0.15) is 29.9 Å². The Morgan fingerprint density at radius 1 is 1.40 bits per heavy atom. The SMILES string of the molecule is CC(=O)O.CCc1cccnc1C(=O)O. The maximum absolute atomic E-state index is 10.5. The molecule has 0 fully saturated rings. The van der Waals surface area contributed by atoms with E-state index < -0.39 is 11.9 Å². The summed E-state index contributed by atoms with van der Waals surface area (Å²) in [6.07, 6.45) is 2.19. The van der Waals surface area contributed by atoms with E-state index in [1.54, 1.807) is 12.1 Å². The molecule has 0 unspecified atom stereocenters. The van der Waals surface area contributed by atoms with Crippen molar-refractivity contribution in [3.63, 3.8) is 0 Å². The van der Waals surface area contributed by atoms with E-state index in [-0.39, 0.29) is 5.69 Å². The van der Waals surface area contributed by atoms with Gasteiger partial charge in [-0.25, -0.2) is 9.78 Å². The predicted octanol–water partition coefficient (Wildman–Crippen LogP) is 1.43. The lowest BCUT2D eigenvalue weighted by Gasteiger charge is -1.99. The highest BCUT2D eigenvalue weighted by Crippen LogP contribution is 2.04. The van der Waals surface area contributed by atoms with E-state index in [0.29, 0.717) is 6.42 Å². The third-order valence-electron chi connectivity index (χ3n) is 1.47. The van der Waals surface area contributed by atoms with Crippen LogP contribution in [-0.2, 0) is 11.2 Å². The third-order valence-corrected chi connectivity index (χ3v) is 1.47. The van der Waals surface area contributed by atoms with E-state index in [4.69, 9.17) is 15.0 Å². The number of hydrogen-bond acceptors (Lipinski definition) is 3. The Labute approximate surface area is 87.4 Å². The number of carboxylic acid groups (broad SMARTS) is 2. The van der Waals surface area contributed by atoms with Crippen LogP contribution in [0.2, 0.25) is 0 Å². The number of aryl methyl sites for hydroxylation is 1. The molecule has 5 heteroatoms.